The number of amides is 2. The van der Waals surface area contributed by atoms with E-state index in [4.69, 9.17) is 11.6 Å². The van der Waals surface area contributed by atoms with E-state index in [1.807, 2.05) is 25.1 Å². The van der Waals surface area contributed by atoms with Crippen LogP contribution in [0.25, 0.3) is 0 Å². The van der Waals surface area contributed by atoms with Crippen LogP contribution in [0.1, 0.15) is 44.4 Å². The first kappa shape index (κ1) is 16.1. The van der Waals surface area contributed by atoms with E-state index in [9.17, 15) is 9.90 Å². The van der Waals surface area contributed by atoms with E-state index in [0.717, 1.165) is 29.0 Å². The summed E-state index contributed by atoms with van der Waals surface area (Å²) in [7, 11) is 0. The highest BCUT2D eigenvalue weighted by atomic mass is 35.5. The molecule has 1 aliphatic carbocycles. The first-order chi connectivity index (χ1) is 9.81. The van der Waals surface area contributed by atoms with E-state index < -0.39 is 5.60 Å². The van der Waals surface area contributed by atoms with Gasteiger partial charge in [0, 0.05) is 11.6 Å². The Bertz CT molecular complexity index is 525. The summed E-state index contributed by atoms with van der Waals surface area (Å²) in [6, 6.07) is 5.68. The molecule has 0 aromatic heterocycles. The van der Waals surface area contributed by atoms with E-state index in [2.05, 4.69) is 5.32 Å². The Morgan fingerprint density at radius 2 is 2.24 bits per heavy atom. The van der Waals surface area contributed by atoms with Crippen LogP contribution in [-0.2, 0) is 6.42 Å². The van der Waals surface area contributed by atoms with Crippen LogP contribution in [0.3, 0.4) is 0 Å². The summed E-state index contributed by atoms with van der Waals surface area (Å²) in [5.41, 5.74) is 1.34. The molecule has 0 radical (unpaired) electrons. The Hall–Kier alpha value is -1.26. The molecule has 1 aliphatic rings. The maximum absolute atomic E-state index is 12.4. The average molecular weight is 311 g/mol. The highest BCUT2D eigenvalue weighted by Gasteiger charge is 2.28. The number of carbonyl (C=O) groups is 1. The van der Waals surface area contributed by atoms with Gasteiger partial charge in [0.05, 0.1) is 18.2 Å². The van der Waals surface area contributed by atoms with Crippen LogP contribution in [0.5, 0.6) is 0 Å². The molecule has 0 fully saturated rings. The summed E-state index contributed by atoms with van der Waals surface area (Å²) < 4.78 is 0. The number of fused-ring (bicyclic) bond motifs is 1. The highest BCUT2D eigenvalue weighted by Crippen LogP contribution is 2.35. The van der Waals surface area contributed by atoms with Gasteiger partial charge in [-0.15, -0.1) is 0 Å². The summed E-state index contributed by atoms with van der Waals surface area (Å²) in [5, 5.41) is 13.7. The van der Waals surface area contributed by atoms with Crippen LogP contribution in [0.4, 0.5) is 4.79 Å². The number of rotatable bonds is 4. The van der Waals surface area contributed by atoms with Gasteiger partial charge in [-0.1, -0.05) is 23.7 Å². The number of urea groups is 1. The second-order valence-corrected chi connectivity index (χ2v) is 6.58. The highest BCUT2D eigenvalue weighted by molar-refractivity contribution is 6.31. The molecule has 0 heterocycles. The van der Waals surface area contributed by atoms with Crippen molar-refractivity contribution in [3.8, 4) is 0 Å². The zero-order chi connectivity index (χ0) is 15.6. The number of hydrogen-bond acceptors (Lipinski definition) is 2. The van der Waals surface area contributed by atoms with Gasteiger partial charge in [-0.3, -0.25) is 0 Å². The number of aliphatic hydroxyl groups is 1. The molecule has 0 saturated carbocycles. The van der Waals surface area contributed by atoms with Crippen molar-refractivity contribution < 1.29 is 9.90 Å². The van der Waals surface area contributed by atoms with Gasteiger partial charge in [0.1, 0.15) is 0 Å². The lowest BCUT2D eigenvalue weighted by Crippen LogP contribution is -2.47. The Morgan fingerprint density at radius 3 is 2.86 bits per heavy atom. The predicted molar refractivity (Wildman–Crippen MR) is 84.6 cm³/mol. The number of nitrogens with zero attached hydrogens (tertiary/aromatic N) is 1. The molecule has 1 atom stereocenters. The third-order valence-corrected chi connectivity index (χ3v) is 4.11. The Balaban J connectivity index is 2.06. The minimum atomic E-state index is -0.899. The molecule has 0 aliphatic heterocycles. The molecular formula is C16H23ClN2O2. The van der Waals surface area contributed by atoms with Gasteiger partial charge in [0.25, 0.3) is 0 Å². The fourth-order valence-corrected chi connectivity index (χ4v) is 3.07. The molecule has 2 amide bonds. The summed E-state index contributed by atoms with van der Waals surface area (Å²) in [5.74, 6) is 0. The van der Waals surface area contributed by atoms with E-state index in [0.29, 0.717) is 13.1 Å². The van der Waals surface area contributed by atoms with Crippen molar-refractivity contribution in [3.63, 3.8) is 0 Å². The lowest BCUT2D eigenvalue weighted by atomic mass is 10.1. The number of nitrogens with one attached hydrogen (secondary N) is 1. The molecule has 5 heteroatoms. The number of carbonyl (C=O) groups excluding carboxylic acids is 1. The van der Waals surface area contributed by atoms with Crippen LogP contribution < -0.4 is 5.32 Å². The fraction of sp³-hybridized carbons (Fsp3) is 0.562. The van der Waals surface area contributed by atoms with Gasteiger partial charge in [0.2, 0.25) is 0 Å². The van der Waals surface area contributed by atoms with Crippen LogP contribution in [-0.4, -0.2) is 34.7 Å². The maximum atomic E-state index is 12.4. The minimum Gasteiger partial charge on any atom is -0.389 e. The quantitative estimate of drug-likeness (QED) is 0.897. The minimum absolute atomic E-state index is 0.00190. The number of benzene rings is 1. The predicted octanol–water partition coefficient (Wildman–Crippen LogP) is 3.13. The maximum Gasteiger partial charge on any atom is 0.317 e. The normalized spacial score (nSPS) is 17.5. The van der Waals surface area contributed by atoms with Gasteiger partial charge in [-0.25, -0.2) is 4.79 Å². The molecule has 1 aromatic rings. The van der Waals surface area contributed by atoms with E-state index in [1.54, 1.807) is 18.7 Å². The van der Waals surface area contributed by atoms with Crippen molar-refractivity contribution >= 4 is 17.6 Å². The van der Waals surface area contributed by atoms with Gasteiger partial charge in [-0.05, 0) is 50.8 Å². The Morgan fingerprint density at radius 1 is 1.52 bits per heavy atom. The molecule has 2 N–H and O–H groups in total. The van der Waals surface area contributed by atoms with Gasteiger partial charge < -0.3 is 15.3 Å². The van der Waals surface area contributed by atoms with Crippen LogP contribution in [0, 0.1) is 0 Å². The number of likely N-dealkylation sites (N-methyl/N-ethyl adjacent to an activating group) is 1. The molecule has 4 nitrogen and oxygen atoms in total. The first-order valence-corrected chi connectivity index (χ1v) is 7.74. The third kappa shape index (κ3) is 3.89. The van der Waals surface area contributed by atoms with Crippen LogP contribution in [0.2, 0.25) is 5.02 Å². The lowest BCUT2D eigenvalue weighted by molar-refractivity contribution is 0.0475. The van der Waals surface area contributed by atoms with Crippen molar-refractivity contribution in [3.05, 3.63) is 34.3 Å². The smallest absolute Gasteiger partial charge is 0.317 e. The molecule has 2 rings (SSSR count). The van der Waals surface area contributed by atoms with E-state index in [1.165, 1.54) is 0 Å². The summed E-state index contributed by atoms with van der Waals surface area (Å²) >= 11 is 6.19. The molecule has 1 unspecified atom stereocenters. The zero-order valence-corrected chi connectivity index (χ0v) is 13.6. The monoisotopic (exact) mass is 310 g/mol. The molecule has 0 saturated heterocycles. The lowest BCUT2D eigenvalue weighted by Gasteiger charge is -2.29. The van der Waals surface area contributed by atoms with Gasteiger partial charge in [0.15, 0.2) is 0 Å². The fourth-order valence-electron chi connectivity index (χ4n) is 2.79. The number of hydrogen-bond donors (Lipinski definition) is 2. The SMILES string of the molecule is CCN(CC(C)(C)O)C(=O)NC1CCc2c(Cl)cccc21. The van der Waals surface area contributed by atoms with Crippen LogP contribution >= 0.6 is 11.6 Å². The van der Waals surface area contributed by atoms with Gasteiger partial charge in [-0.2, -0.15) is 0 Å². The van der Waals surface area contributed by atoms with Crippen molar-refractivity contribution in [1.29, 1.82) is 0 Å². The van der Waals surface area contributed by atoms with Crippen molar-refractivity contribution in [2.45, 2.75) is 45.3 Å². The van der Waals surface area contributed by atoms with Gasteiger partial charge >= 0.3 is 6.03 Å². The van der Waals surface area contributed by atoms with Crippen molar-refractivity contribution in [1.82, 2.24) is 10.2 Å². The standard InChI is InChI=1S/C16H23ClN2O2/c1-4-19(10-16(2,3)21)15(20)18-14-9-8-11-12(14)6-5-7-13(11)17/h5-7,14,21H,4,8-10H2,1-3H3,(H,18,20). The second kappa shape index (κ2) is 6.24. The molecular weight excluding hydrogens is 288 g/mol. The number of halogens is 1. The topological polar surface area (TPSA) is 52.6 Å². The molecule has 0 spiro atoms. The average Bonchev–Trinajstić information content (AvgIpc) is 2.79. The first-order valence-electron chi connectivity index (χ1n) is 7.37. The summed E-state index contributed by atoms with van der Waals surface area (Å²) in [6.07, 6.45) is 1.75. The summed E-state index contributed by atoms with van der Waals surface area (Å²) in [4.78, 5) is 14.0. The molecule has 116 valence electrons. The van der Waals surface area contributed by atoms with Crippen LogP contribution in [0.15, 0.2) is 18.2 Å². The second-order valence-electron chi connectivity index (χ2n) is 6.17. The summed E-state index contributed by atoms with van der Waals surface area (Å²) in [6.45, 7) is 6.18. The Kier molecular flexibility index (Phi) is 4.79. The van der Waals surface area contributed by atoms with E-state index in [-0.39, 0.29) is 12.1 Å². The third-order valence-electron chi connectivity index (χ3n) is 3.76. The molecule has 21 heavy (non-hydrogen) atoms. The largest absolute Gasteiger partial charge is 0.389 e. The Labute approximate surface area is 131 Å². The van der Waals surface area contributed by atoms with Crippen molar-refractivity contribution in [2.75, 3.05) is 13.1 Å². The zero-order valence-electron chi connectivity index (χ0n) is 12.8. The van der Waals surface area contributed by atoms with Crippen molar-refractivity contribution in [2.24, 2.45) is 0 Å². The molecule has 1 aromatic carbocycles. The molecule has 0 bridgehead atoms. The van der Waals surface area contributed by atoms with E-state index >= 15 is 0 Å².